The van der Waals surface area contributed by atoms with Gasteiger partial charge in [-0.3, -0.25) is 9.48 Å². The van der Waals surface area contributed by atoms with E-state index >= 15 is 0 Å². The lowest BCUT2D eigenvalue weighted by atomic mass is 10.1. The number of hydrogen-bond donors (Lipinski definition) is 0. The second-order valence-corrected chi connectivity index (χ2v) is 6.61. The highest BCUT2D eigenvalue weighted by atomic mass is 16.5. The van der Waals surface area contributed by atoms with E-state index in [1.165, 1.54) is 12.8 Å². The van der Waals surface area contributed by atoms with E-state index in [-0.39, 0.29) is 18.1 Å². The van der Waals surface area contributed by atoms with E-state index in [1.807, 2.05) is 24.9 Å². The van der Waals surface area contributed by atoms with Crippen molar-refractivity contribution in [3.8, 4) is 0 Å². The molecule has 128 valence electrons. The number of amides is 1. The largest absolute Gasteiger partial charge is 0.376 e. The normalized spacial score (nSPS) is 23.2. The zero-order chi connectivity index (χ0) is 16.2. The Morgan fingerprint density at radius 2 is 2.13 bits per heavy atom. The number of rotatable bonds is 4. The average molecular weight is 321 g/mol. The molecule has 1 aromatic heterocycles. The molecule has 0 saturated carbocycles. The highest BCUT2D eigenvalue weighted by Crippen LogP contribution is 2.19. The van der Waals surface area contributed by atoms with Crippen LogP contribution in [0.3, 0.4) is 0 Å². The van der Waals surface area contributed by atoms with Gasteiger partial charge in [0.25, 0.3) is 5.91 Å². The van der Waals surface area contributed by atoms with Crippen LogP contribution in [0.1, 0.15) is 48.3 Å². The van der Waals surface area contributed by atoms with Gasteiger partial charge in [0.1, 0.15) is 5.69 Å². The summed E-state index contributed by atoms with van der Waals surface area (Å²) in [6, 6.07) is 1.85. The number of carbonyl (C=O) groups is 1. The SMILES string of the molecule is Cc1cc(C(=O)N2CCC(OCC3CCCCO3)CC2)n(C)n1. The van der Waals surface area contributed by atoms with Crippen molar-refractivity contribution in [2.24, 2.45) is 7.05 Å². The van der Waals surface area contributed by atoms with Crippen LogP contribution in [0.5, 0.6) is 0 Å². The third-order valence-electron chi connectivity index (χ3n) is 4.74. The number of piperidine rings is 1. The van der Waals surface area contributed by atoms with Crippen molar-refractivity contribution in [2.45, 2.75) is 51.2 Å². The monoisotopic (exact) mass is 321 g/mol. The standard InChI is InChI=1S/C17H27N3O3/c1-13-11-16(19(2)18-13)17(21)20-8-6-14(7-9-20)23-12-15-5-3-4-10-22-15/h11,14-15H,3-10,12H2,1-2H3. The van der Waals surface area contributed by atoms with E-state index < -0.39 is 0 Å². The van der Waals surface area contributed by atoms with Gasteiger partial charge in [0.05, 0.1) is 24.5 Å². The molecule has 2 saturated heterocycles. The number of carbonyl (C=O) groups excluding carboxylic acids is 1. The fourth-order valence-corrected chi connectivity index (χ4v) is 3.38. The number of aromatic nitrogens is 2. The molecule has 1 amide bonds. The minimum Gasteiger partial charge on any atom is -0.376 e. The van der Waals surface area contributed by atoms with E-state index in [0.717, 1.165) is 44.7 Å². The molecule has 2 aliphatic rings. The lowest BCUT2D eigenvalue weighted by molar-refractivity contribution is -0.0733. The predicted octanol–water partition coefficient (Wildman–Crippen LogP) is 1.92. The van der Waals surface area contributed by atoms with E-state index in [9.17, 15) is 4.79 Å². The van der Waals surface area contributed by atoms with Crippen LogP contribution >= 0.6 is 0 Å². The molecule has 3 rings (SSSR count). The van der Waals surface area contributed by atoms with Crippen LogP contribution in [0.15, 0.2) is 6.07 Å². The molecule has 1 aromatic rings. The van der Waals surface area contributed by atoms with Crippen molar-refractivity contribution < 1.29 is 14.3 Å². The maximum absolute atomic E-state index is 12.6. The Morgan fingerprint density at radius 3 is 2.74 bits per heavy atom. The van der Waals surface area contributed by atoms with Crippen LogP contribution in [-0.4, -0.2) is 59.1 Å². The summed E-state index contributed by atoms with van der Waals surface area (Å²) in [5, 5.41) is 4.25. The van der Waals surface area contributed by atoms with Gasteiger partial charge in [-0.2, -0.15) is 5.10 Å². The third kappa shape index (κ3) is 4.12. The van der Waals surface area contributed by atoms with Crippen molar-refractivity contribution in [3.05, 3.63) is 17.5 Å². The van der Waals surface area contributed by atoms with Crippen molar-refractivity contribution in [1.29, 1.82) is 0 Å². The topological polar surface area (TPSA) is 56.6 Å². The predicted molar refractivity (Wildman–Crippen MR) is 86.4 cm³/mol. The molecule has 23 heavy (non-hydrogen) atoms. The van der Waals surface area contributed by atoms with E-state index in [4.69, 9.17) is 9.47 Å². The molecular weight excluding hydrogens is 294 g/mol. The van der Waals surface area contributed by atoms with Gasteiger partial charge in [-0.25, -0.2) is 0 Å². The maximum Gasteiger partial charge on any atom is 0.272 e. The van der Waals surface area contributed by atoms with Crippen molar-refractivity contribution in [1.82, 2.24) is 14.7 Å². The molecule has 1 unspecified atom stereocenters. The second-order valence-electron chi connectivity index (χ2n) is 6.61. The van der Waals surface area contributed by atoms with Crippen LogP contribution in [0.25, 0.3) is 0 Å². The molecule has 0 bridgehead atoms. The molecule has 0 radical (unpaired) electrons. The Morgan fingerprint density at radius 1 is 1.35 bits per heavy atom. The molecule has 2 fully saturated rings. The number of hydrogen-bond acceptors (Lipinski definition) is 4. The van der Waals surface area contributed by atoms with Gasteiger partial charge in [-0.1, -0.05) is 0 Å². The first-order valence-corrected chi connectivity index (χ1v) is 8.66. The van der Waals surface area contributed by atoms with Crippen LogP contribution in [0.2, 0.25) is 0 Å². The van der Waals surface area contributed by atoms with Crippen LogP contribution in [-0.2, 0) is 16.5 Å². The molecule has 0 N–H and O–H groups in total. The maximum atomic E-state index is 12.6. The van der Waals surface area contributed by atoms with Crippen LogP contribution in [0.4, 0.5) is 0 Å². The lowest BCUT2D eigenvalue weighted by Gasteiger charge is -2.33. The number of likely N-dealkylation sites (tertiary alicyclic amines) is 1. The van der Waals surface area contributed by atoms with Crippen molar-refractivity contribution >= 4 is 5.91 Å². The third-order valence-corrected chi connectivity index (χ3v) is 4.74. The molecule has 2 aliphatic heterocycles. The molecule has 1 atom stereocenters. The summed E-state index contributed by atoms with van der Waals surface area (Å²) in [6.07, 6.45) is 5.83. The fourth-order valence-electron chi connectivity index (χ4n) is 3.38. The van der Waals surface area contributed by atoms with Crippen molar-refractivity contribution in [3.63, 3.8) is 0 Å². The van der Waals surface area contributed by atoms with Gasteiger partial charge in [0.15, 0.2) is 0 Å². The zero-order valence-electron chi connectivity index (χ0n) is 14.2. The summed E-state index contributed by atoms with van der Waals surface area (Å²) in [6.45, 7) is 4.97. The summed E-state index contributed by atoms with van der Waals surface area (Å²) >= 11 is 0. The summed E-state index contributed by atoms with van der Waals surface area (Å²) in [5.41, 5.74) is 1.54. The van der Waals surface area contributed by atoms with Crippen LogP contribution < -0.4 is 0 Å². The van der Waals surface area contributed by atoms with E-state index in [1.54, 1.807) is 4.68 Å². The van der Waals surface area contributed by atoms with Gasteiger partial charge in [-0.15, -0.1) is 0 Å². The Kier molecular flexibility index (Phi) is 5.33. The van der Waals surface area contributed by atoms with E-state index in [2.05, 4.69) is 5.10 Å². The number of ether oxygens (including phenoxy) is 2. The van der Waals surface area contributed by atoms with Crippen molar-refractivity contribution in [2.75, 3.05) is 26.3 Å². The molecule has 6 nitrogen and oxygen atoms in total. The first-order chi connectivity index (χ1) is 11.1. The summed E-state index contributed by atoms with van der Waals surface area (Å²) in [7, 11) is 1.82. The number of nitrogens with zero attached hydrogens (tertiary/aromatic N) is 3. The molecule has 0 spiro atoms. The summed E-state index contributed by atoms with van der Waals surface area (Å²) in [4.78, 5) is 14.5. The fraction of sp³-hybridized carbons (Fsp3) is 0.765. The zero-order valence-corrected chi connectivity index (χ0v) is 14.2. The van der Waals surface area contributed by atoms with Gasteiger partial charge < -0.3 is 14.4 Å². The minimum atomic E-state index is 0.0714. The molecule has 3 heterocycles. The summed E-state index contributed by atoms with van der Waals surface area (Å²) in [5.74, 6) is 0.0714. The molecule has 0 aliphatic carbocycles. The van der Waals surface area contributed by atoms with Crippen LogP contribution in [0, 0.1) is 6.92 Å². The average Bonchev–Trinajstić information content (AvgIpc) is 2.92. The van der Waals surface area contributed by atoms with Gasteiger partial charge >= 0.3 is 0 Å². The Hall–Kier alpha value is -1.40. The molecular formula is C17H27N3O3. The first-order valence-electron chi connectivity index (χ1n) is 8.66. The highest BCUT2D eigenvalue weighted by molar-refractivity contribution is 5.92. The quantitative estimate of drug-likeness (QED) is 0.850. The van der Waals surface area contributed by atoms with Gasteiger partial charge in [0, 0.05) is 26.7 Å². The Bertz CT molecular complexity index is 529. The first kappa shape index (κ1) is 16.5. The van der Waals surface area contributed by atoms with E-state index in [0.29, 0.717) is 12.3 Å². The molecule has 0 aromatic carbocycles. The van der Waals surface area contributed by atoms with Gasteiger partial charge in [0.2, 0.25) is 0 Å². The van der Waals surface area contributed by atoms with Gasteiger partial charge in [-0.05, 0) is 45.1 Å². The highest BCUT2D eigenvalue weighted by Gasteiger charge is 2.26. The minimum absolute atomic E-state index is 0.0714. The Labute approximate surface area is 137 Å². The molecule has 6 heteroatoms. The number of aryl methyl sites for hydroxylation is 2. The smallest absolute Gasteiger partial charge is 0.272 e. The Balaban J connectivity index is 1.44. The summed E-state index contributed by atoms with van der Waals surface area (Å²) < 4.78 is 13.4. The lowest BCUT2D eigenvalue weighted by Crippen LogP contribution is -2.42. The second kappa shape index (κ2) is 7.45.